The molecule has 0 spiro atoms. The van der Waals surface area contributed by atoms with Crippen molar-refractivity contribution in [2.24, 2.45) is 0 Å². The van der Waals surface area contributed by atoms with Crippen LogP contribution in [0.15, 0.2) is 24.3 Å². The number of benzene rings is 1. The zero-order valence-corrected chi connectivity index (χ0v) is 13.4. The molecule has 0 radical (unpaired) electrons. The summed E-state index contributed by atoms with van der Waals surface area (Å²) in [5.41, 5.74) is 2.30. The van der Waals surface area contributed by atoms with Gasteiger partial charge in [0, 0.05) is 5.75 Å². The van der Waals surface area contributed by atoms with Gasteiger partial charge in [-0.15, -0.1) is 11.8 Å². The van der Waals surface area contributed by atoms with Gasteiger partial charge < -0.3 is 9.47 Å². The van der Waals surface area contributed by atoms with Gasteiger partial charge in [-0.2, -0.15) is 0 Å². The summed E-state index contributed by atoms with van der Waals surface area (Å²) in [6.07, 6.45) is -0.850. The van der Waals surface area contributed by atoms with Gasteiger partial charge in [0.1, 0.15) is 0 Å². The number of carbonyl (C=O) groups is 3. The van der Waals surface area contributed by atoms with E-state index in [2.05, 4.69) is 4.74 Å². The van der Waals surface area contributed by atoms with E-state index in [9.17, 15) is 14.4 Å². The first kappa shape index (κ1) is 18.0. The Hall–Kier alpha value is -2.02. The average molecular weight is 325 g/mol. The molecule has 1 rings (SSSR count). The van der Waals surface area contributed by atoms with Crippen LogP contribution in [0.3, 0.4) is 0 Å². The standard InChI is InChI=1S/C15H19NO5S/c1-3-20-15(19)16-13(17)8-21-14(18)10-22-9-12-6-4-11(2)5-7-12/h4-7H,3,8-10H2,1-2H3,(H,16,17,19). The molecule has 1 aromatic rings. The van der Waals surface area contributed by atoms with Crippen LogP contribution < -0.4 is 5.32 Å². The Labute approximate surface area is 133 Å². The number of carbonyl (C=O) groups excluding carboxylic acids is 3. The molecule has 0 aromatic heterocycles. The summed E-state index contributed by atoms with van der Waals surface area (Å²) in [5.74, 6) is -0.392. The molecule has 120 valence electrons. The second kappa shape index (κ2) is 9.83. The summed E-state index contributed by atoms with van der Waals surface area (Å²) in [6, 6.07) is 8.02. The van der Waals surface area contributed by atoms with Gasteiger partial charge in [0.05, 0.1) is 12.4 Å². The molecule has 2 amide bonds. The number of alkyl carbamates (subject to hydrolysis) is 1. The first-order valence-electron chi connectivity index (χ1n) is 6.76. The highest BCUT2D eigenvalue weighted by atomic mass is 32.2. The molecule has 1 N–H and O–H groups in total. The van der Waals surface area contributed by atoms with Crippen molar-refractivity contribution < 1.29 is 23.9 Å². The molecule has 22 heavy (non-hydrogen) atoms. The summed E-state index contributed by atoms with van der Waals surface area (Å²) in [6.45, 7) is 3.29. The van der Waals surface area contributed by atoms with E-state index < -0.39 is 24.6 Å². The van der Waals surface area contributed by atoms with Gasteiger partial charge in [-0.25, -0.2) is 4.79 Å². The third-order valence-electron chi connectivity index (χ3n) is 2.49. The minimum Gasteiger partial charge on any atom is -0.455 e. The lowest BCUT2D eigenvalue weighted by Gasteiger charge is -2.06. The lowest BCUT2D eigenvalue weighted by Crippen LogP contribution is -2.34. The molecule has 0 fully saturated rings. The number of aryl methyl sites for hydroxylation is 1. The van der Waals surface area contributed by atoms with Crippen LogP contribution in [0, 0.1) is 6.92 Å². The normalized spacial score (nSPS) is 9.91. The Kier molecular flexibility index (Phi) is 8.06. The van der Waals surface area contributed by atoms with E-state index in [-0.39, 0.29) is 12.4 Å². The van der Waals surface area contributed by atoms with Crippen LogP contribution >= 0.6 is 11.8 Å². The monoisotopic (exact) mass is 325 g/mol. The number of thioether (sulfide) groups is 1. The van der Waals surface area contributed by atoms with Gasteiger partial charge in [0.15, 0.2) is 6.61 Å². The average Bonchev–Trinajstić information content (AvgIpc) is 2.47. The third-order valence-corrected chi connectivity index (χ3v) is 3.47. The number of hydrogen-bond acceptors (Lipinski definition) is 6. The fourth-order valence-electron chi connectivity index (χ4n) is 1.44. The van der Waals surface area contributed by atoms with E-state index in [0.717, 1.165) is 5.56 Å². The topological polar surface area (TPSA) is 81.7 Å². The molecule has 6 nitrogen and oxygen atoms in total. The molecule has 1 aromatic carbocycles. The van der Waals surface area contributed by atoms with Crippen molar-refractivity contribution in [2.45, 2.75) is 19.6 Å². The number of rotatable bonds is 7. The van der Waals surface area contributed by atoms with Crippen LogP contribution in [0.2, 0.25) is 0 Å². The van der Waals surface area contributed by atoms with E-state index in [1.54, 1.807) is 6.92 Å². The van der Waals surface area contributed by atoms with Crippen LogP contribution in [0.4, 0.5) is 4.79 Å². The Bertz CT molecular complexity index is 515. The van der Waals surface area contributed by atoms with Crippen molar-refractivity contribution >= 4 is 29.7 Å². The van der Waals surface area contributed by atoms with Crippen molar-refractivity contribution in [1.82, 2.24) is 5.32 Å². The Morgan fingerprint density at radius 2 is 1.82 bits per heavy atom. The maximum absolute atomic E-state index is 11.5. The van der Waals surface area contributed by atoms with Gasteiger partial charge in [-0.05, 0) is 19.4 Å². The van der Waals surface area contributed by atoms with Crippen molar-refractivity contribution in [3.8, 4) is 0 Å². The van der Waals surface area contributed by atoms with E-state index >= 15 is 0 Å². The van der Waals surface area contributed by atoms with Crippen molar-refractivity contribution in [3.05, 3.63) is 35.4 Å². The maximum atomic E-state index is 11.5. The van der Waals surface area contributed by atoms with Gasteiger partial charge >= 0.3 is 12.1 Å². The highest BCUT2D eigenvalue weighted by Crippen LogP contribution is 2.13. The minimum atomic E-state index is -0.850. The van der Waals surface area contributed by atoms with Gasteiger partial charge in [-0.3, -0.25) is 14.9 Å². The predicted octanol–water partition coefficient (Wildman–Crippen LogP) is 2.04. The predicted molar refractivity (Wildman–Crippen MR) is 83.5 cm³/mol. The number of nitrogens with one attached hydrogen (secondary N) is 1. The third kappa shape index (κ3) is 7.68. The van der Waals surface area contributed by atoms with Crippen molar-refractivity contribution in [2.75, 3.05) is 19.0 Å². The highest BCUT2D eigenvalue weighted by molar-refractivity contribution is 7.99. The minimum absolute atomic E-state index is 0.139. The van der Waals surface area contributed by atoms with E-state index in [1.807, 2.05) is 36.5 Å². The molecule has 0 bridgehead atoms. The maximum Gasteiger partial charge on any atom is 0.413 e. The summed E-state index contributed by atoms with van der Waals surface area (Å²) in [4.78, 5) is 33.7. The summed E-state index contributed by atoms with van der Waals surface area (Å²) in [7, 11) is 0. The number of amides is 2. The molecule has 0 unspecified atom stereocenters. The number of esters is 1. The number of imide groups is 1. The molecular formula is C15H19NO5S. The fraction of sp³-hybridized carbons (Fsp3) is 0.400. The van der Waals surface area contributed by atoms with Crippen LogP contribution in [-0.4, -0.2) is 36.9 Å². The molecule has 0 heterocycles. The van der Waals surface area contributed by atoms with Crippen molar-refractivity contribution in [3.63, 3.8) is 0 Å². The van der Waals surface area contributed by atoms with Crippen LogP contribution in [0.5, 0.6) is 0 Å². The summed E-state index contributed by atoms with van der Waals surface area (Å²) >= 11 is 1.40. The molecule has 0 aliphatic carbocycles. The Morgan fingerprint density at radius 1 is 1.14 bits per heavy atom. The summed E-state index contributed by atoms with van der Waals surface area (Å²) < 4.78 is 9.29. The van der Waals surface area contributed by atoms with E-state index in [4.69, 9.17) is 4.74 Å². The number of ether oxygens (including phenoxy) is 2. The largest absolute Gasteiger partial charge is 0.455 e. The summed E-state index contributed by atoms with van der Waals surface area (Å²) in [5, 5.41) is 1.94. The first-order valence-corrected chi connectivity index (χ1v) is 7.92. The Balaban J connectivity index is 2.16. The van der Waals surface area contributed by atoms with E-state index in [1.165, 1.54) is 17.3 Å². The smallest absolute Gasteiger partial charge is 0.413 e. The van der Waals surface area contributed by atoms with Gasteiger partial charge in [0.25, 0.3) is 5.91 Å². The number of hydrogen-bond donors (Lipinski definition) is 1. The molecule has 0 atom stereocenters. The highest BCUT2D eigenvalue weighted by Gasteiger charge is 2.11. The van der Waals surface area contributed by atoms with Crippen molar-refractivity contribution in [1.29, 1.82) is 0 Å². The second-order valence-corrected chi connectivity index (χ2v) is 5.39. The first-order chi connectivity index (χ1) is 10.5. The van der Waals surface area contributed by atoms with Crippen LogP contribution in [0.25, 0.3) is 0 Å². The van der Waals surface area contributed by atoms with Crippen LogP contribution in [-0.2, 0) is 24.8 Å². The zero-order chi connectivity index (χ0) is 16.4. The molecule has 0 aliphatic heterocycles. The Morgan fingerprint density at radius 3 is 2.45 bits per heavy atom. The van der Waals surface area contributed by atoms with E-state index in [0.29, 0.717) is 5.75 Å². The molecule has 0 aliphatic rings. The molecule has 0 saturated heterocycles. The quantitative estimate of drug-likeness (QED) is 0.773. The SMILES string of the molecule is CCOC(=O)NC(=O)COC(=O)CSCc1ccc(C)cc1. The van der Waals surface area contributed by atoms with Gasteiger partial charge in [0.2, 0.25) is 0 Å². The zero-order valence-electron chi connectivity index (χ0n) is 12.6. The second-order valence-electron chi connectivity index (χ2n) is 4.41. The lowest BCUT2D eigenvalue weighted by atomic mass is 10.2. The fourth-order valence-corrected chi connectivity index (χ4v) is 2.22. The van der Waals surface area contributed by atoms with Gasteiger partial charge in [-0.1, -0.05) is 29.8 Å². The molecule has 7 heteroatoms. The van der Waals surface area contributed by atoms with Crippen LogP contribution in [0.1, 0.15) is 18.1 Å². The molecular weight excluding hydrogens is 306 g/mol. The lowest BCUT2D eigenvalue weighted by molar-refractivity contribution is -0.145. The molecule has 0 saturated carbocycles.